The highest BCUT2D eigenvalue weighted by Gasteiger charge is 2.07. The van der Waals surface area contributed by atoms with E-state index in [2.05, 4.69) is 0 Å². The van der Waals surface area contributed by atoms with E-state index in [-0.39, 0.29) is 5.56 Å². The Morgan fingerprint density at radius 2 is 1.93 bits per heavy atom. The maximum Gasteiger partial charge on any atom is 0.252 e. The van der Waals surface area contributed by atoms with Gasteiger partial charge in [-0.15, -0.1) is 0 Å². The van der Waals surface area contributed by atoms with Crippen molar-refractivity contribution in [2.24, 2.45) is 0 Å². The van der Waals surface area contributed by atoms with Crippen LogP contribution >= 0.6 is 11.6 Å². The molecule has 0 fully saturated rings. The first kappa shape index (κ1) is 9.16. The number of hydrogen-bond donors (Lipinski definition) is 0. The zero-order valence-corrected chi connectivity index (χ0v) is 7.88. The highest BCUT2D eigenvalue weighted by atomic mass is 35.5. The summed E-state index contributed by atoms with van der Waals surface area (Å²) >= 11 is 5.27. The summed E-state index contributed by atoms with van der Waals surface area (Å²) in [5, 5.41) is 0.528. The van der Waals surface area contributed by atoms with Gasteiger partial charge < -0.3 is 0 Å². The molecule has 0 aliphatic carbocycles. The molecule has 3 heteroatoms. The monoisotopic (exact) mass is 208 g/mol. The first-order chi connectivity index (χ1) is 6.68. The lowest BCUT2D eigenvalue weighted by Crippen LogP contribution is -1.91. The van der Waals surface area contributed by atoms with Crippen LogP contribution in [0.4, 0.5) is 4.39 Å². The van der Waals surface area contributed by atoms with E-state index in [4.69, 9.17) is 11.6 Å². The van der Waals surface area contributed by atoms with Crippen molar-refractivity contribution < 1.29 is 9.18 Å². The maximum atomic E-state index is 13.4. The zero-order chi connectivity index (χ0) is 10.1. The summed E-state index contributed by atoms with van der Waals surface area (Å²) in [6, 6.07) is 9.65. The quantitative estimate of drug-likeness (QED) is 0.657. The number of hydrogen-bond acceptors (Lipinski definition) is 1. The van der Waals surface area contributed by atoms with Crippen LogP contribution in [0, 0.1) is 5.82 Å². The summed E-state index contributed by atoms with van der Waals surface area (Å²) in [5.41, 5.74) is 0.183. The molecule has 0 aliphatic rings. The fourth-order valence-electron chi connectivity index (χ4n) is 1.38. The molecule has 0 radical (unpaired) electrons. The van der Waals surface area contributed by atoms with E-state index < -0.39 is 11.1 Å². The van der Waals surface area contributed by atoms with Crippen LogP contribution < -0.4 is 0 Å². The zero-order valence-electron chi connectivity index (χ0n) is 7.13. The summed E-state index contributed by atoms with van der Waals surface area (Å²) in [6.07, 6.45) is 0. The van der Waals surface area contributed by atoms with Gasteiger partial charge in [-0.05, 0) is 29.1 Å². The van der Waals surface area contributed by atoms with Crippen molar-refractivity contribution in [1.29, 1.82) is 0 Å². The van der Waals surface area contributed by atoms with Crippen LogP contribution in [0.2, 0.25) is 0 Å². The molecule has 0 amide bonds. The number of fused-ring (bicyclic) bond motifs is 1. The summed E-state index contributed by atoms with van der Waals surface area (Å²) in [4.78, 5) is 10.8. The van der Waals surface area contributed by atoms with E-state index in [1.54, 1.807) is 30.3 Å². The van der Waals surface area contributed by atoms with Gasteiger partial charge >= 0.3 is 0 Å². The normalized spacial score (nSPS) is 10.4. The van der Waals surface area contributed by atoms with Crippen molar-refractivity contribution in [3.63, 3.8) is 0 Å². The first-order valence-electron chi connectivity index (χ1n) is 4.06. The summed E-state index contributed by atoms with van der Waals surface area (Å²) < 4.78 is 13.4. The van der Waals surface area contributed by atoms with Crippen molar-refractivity contribution in [2.45, 2.75) is 0 Å². The van der Waals surface area contributed by atoms with Crippen molar-refractivity contribution in [2.75, 3.05) is 0 Å². The molecular formula is C11H6ClFO. The Kier molecular flexibility index (Phi) is 2.22. The standard InChI is InChI=1S/C11H6ClFO/c12-11(14)8-5-7-3-1-2-4-9(7)10(13)6-8/h1-6H. The third-order valence-electron chi connectivity index (χ3n) is 2.04. The predicted molar refractivity (Wildman–Crippen MR) is 54.1 cm³/mol. The Morgan fingerprint density at radius 1 is 1.21 bits per heavy atom. The summed E-state index contributed by atoms with van der Waals surface area (Å²) in [5.74, 6) is -0.424. The van der Waals surface area contributed by atoms with Gasteiger partial charge in [0.2, 0.25) is 0 Å². The topological polar surface area (TPSA) is 17.1 Å². The van der Waals surface area contributed by atoms with Crippen LogP contribution in [-0.2, 0) is 0 Å². The van der Waals surface area contributed by atoms with Gasteiger partial charge in [-0.1, -0.05) is 24.3 Å². The third-order valence-corrected chi connectivity index (χ3v) is 2.26. The van der Waals surface area contributed by atoms with Crippen LogP contribution in [0.1, 0.15) is 10.4 Å². The Hall–Kier alpha value is -1.41. The molecule has 14 heavy (non-hydrogen) atoms. The van der Waals surface area contributed by atoms with Gasteiger partial charge in [-0.3, -0.25) is 4.79 Å². The van der Waals surface area contributed by atoms with Gasteiger partial charge in [0.15, 0.2) is 0 Å². The predicted octanol–water partition coefficient (Wildman–Crippen LogP) is 3.36. The second-order valence-corrected chi connectivity index (χ2v) is 3.30. The van der Waals surface area contributed by atoms with Crippen LogP contribution in [0.15, 0.2) is 36.4 Å². The molecule has 70 valence electrons. The molecule has 2 aromatic rings. The minimum Gasteiger partial charge on any atom is -0.276 e. The average Bonchev–Trinajstić information content (AvgIpc) is 2.17. The Bertz CT molecular complexity index is 508. The largest absolute Gasteiger partial charge is 0.276 e. The lowest BCUT2D eigenvalue weighted by atomic mass is 10.1. The summed E-state index contributed by atoms with van der Waals surface area (Å²) in [6.45, 7) is 0. The van der Waals surface area contributed by atoms with E-state index in [1.165, 1.54) is 0 Å². The molecule has 0 atom stereocenters. The molecule has 0 unspecified atom stereocenters. The lowest BCUT2D eigenvalue weighted by Gasteiger charge is -2.00. The molecule has 0 heterocycles. The SMILES string of the molecule is O=C(Cl)c1cc(F)c2ccccc2c1. The molecule has 0 bridgehead atoms. The molecule has 0 spiro atoms. The smallest absolute Gasteiger partial charge is 0.252 e. The van der Waals surface area contributed by atoms with Gasteiger partial charge in [0.05, 0.1) is 0 Å². The van der Waals surface area contributed by atoms with Crippen LogP contribution in [0.5, 0.6) is 0 Å². The van der Waals surface area contributed by atoms with Crippen LogP contribution in [0.3, 0.4) is 0 Å². The van der Waals surface area contributed by atoms with E-state index in [9.17, 15) is 9.18 Å². The fourth-order valence-corrected chi connectivity index (χ4v) is 1.49. The fraction of sp³-hybridized carbons (Fsp3) is 0. The second kappa shape index (κ2) is 3.39. The molecule has 2 rings (SSSR count). The van der Waals surface area contributed by atoms with E-state index in [0.29, 0.717) is 10.8 Å². The number of carbonyl (C=O) groups is 1. The Morgan fingerprint density at radius 3 is 2.64 bits per heavy atom. The van der Waals surface area contributed by atoms with Gasteiger partial charge in [-0.25, -0.2) is 4.39 Å². The van der Waals surface area contributed by atoms with Crippen LogP contribution in [0.25, 0.3) is 10.8 Å². The van der Waals surface area contributed by atoms with E-state index >= 15 is 0 Å². The number of carbonyl (C=O) groups excluding carboxylic acids is 1. The first-order valence-corrected chi connectivity index (χ1v) is 4.44. The molecule has 0 saturated heterocycles. The van der Waals surface area contributed by atoms with Crippen molar-refractivity contribution in [3.8, 4) is 0 Å². The summed E-state index contributed by atoms with van der Waals surface area (Å²) in [7, 11) is 0. The lowest BCUT2D eigenvalue weighted by molar-refractivity contribution is 0.108. The van der Waals surface area contributed by atoms with Gasteiger partial charge in [0.1, 0.15) is 5.82 Å². The van der Waals surface area contributed by atoms with E-state index in [0.717, 1.165) is 6.07 Å². The second-order valence-electron chi connectivity index (χ2n) is 2.95. The molecular weight excluding hydrogens is 203 g/mol. The molecule has 0 saturated carbocycles. The minimum absolute atomic E-state index is 0.183. The van der Waals surface area contributed by atoms with Gasteiger partial charge in [0, 0.05) is 10.9 Å². The minimum atomic E-state index is -0.644. The molecule has 0 aromatic heterocycles. The Labute approximate surface area is 85.1 Å². The van der Waals surface area contributed by atoms with Crippen molar-refractivity contribution in [1.82, 2.24) is 0 Å². The molecule has 1 nitrogen and oxygen atoms in total. The highest BCUT2D eigenvalue weighted by molar-refractivity contribution is 6.67. The molecule has 0 aliphatic heterocycles. The number of benzene rings is 2. The Balaban J connectivity index is 2.78. The molecule has 0 N–H and O–H groups in total. The third kappa shape index (κ3) is 1.49. The number of rotatable bonds is 1. The van der Waals surface area contributed by atoms with E-state index in [1.807, 2.05) is 0 Å². The van der Waals surface area contributed by atoms with Crippen molar-refractivity contribution in [3.05, 3.63) is 47.8 Å². The highest BCUT2D eigenvalue weighted by Crippen LogP contribution is 2.20. The van der Waals surface area contributed by atoms with Crippen molar-refractivity contribution >= 4 is 27.6 Å². The van der Waals surface area contributed by atoms with Gasteiger partial charge in [-0.2, -0.15) is 0 Å². The number of halogens is 2. The molecule has 2 aromatic carbocycles. The average molecular weight is 209 g/mol. The van der Waals surface area contributed by atoms with Crippen LogP contribution in [-0.4, -0.2) is 5.24 Å². The maximum absolute atomic E-state index is 13.4. The van der Waals surface area contributed by atoms with Gasteiger partial charge in [0.25, 0.3) is 5.24 Å².